The third kappa shape index (κ3) is 2.62. The second-order valence-corrected chi connectivity index (χ2v) is 5.67. The van der Waals surface area contributed by atoms with Gasteiger partial charge >= 0.3 is 0 Å². The van der Waals surface area contributed by atoms with Gasteiger partial charge in [-0.1, -0.05) is 6.92 Å². The van der Waals surface area contributed by atoms with Crippen molar-refractivity contribution >= 4 is 27.3 Å². The molecular weight excluding hydrogens is 299 g/mol. The summed E-state index contributed by atoms with van der Waals surface area (Å²) in [5.41, 5.74) is 7.24. The van der Waals surface area contributed by atoms with E-state index in [-0.39, 0.29) is 11.9 Å². The minimum absolute atomic E-state index is 0.196. The maximum atomic E-state index is 13.4. The minimum atomic E-state index is -0.329. The molecule has 1 heterocycles. The van der Waals surface area contributed by atoms with Gasteiger partial charge < -0.3 is 15.4 Å². The predicted molar refractivity (Wildman–Crippen MR) is 75.3 cm³/mol. The first-order chi connectivity index (χ1) is 8.52. The first-order valence-corrected chi connectivity index (χ1v) is 6.84. The predicted octanol–water partition coefficient (Wildman–Crippen LogP) is 3.03. The standard InChI is InChI=1S/C13H18BrFN2O/c1-8-3-4-17(7-13(8)18-2)12-5-9(14)10(15)6-11(12)16/h5-6,8,13H,3-4,7,16H2,1-2H3. The van der Waals surface area contributed by atoms with Crippen LogP contribution in [0.5, 0.6) is 0 Å². The zero-order valence-corrected chi connectivity index (χ0v) is 12.2. The zero-order valence-electron chi connectivity index (χ0n) is 10.6. The van der Waals surface area contributed by atoms with Crippen LogP contribution in [0.1, 0.15) is 13.3 Å². The van der Waals surface area contributed by atoms with Crippen molar-refractivity contribution < 1.29 is 9.13 Å². The normalized spacial score (nSPS) is 24.3. The van der Waals surface area contributed by atoms with E-state index in [9.17, 15) is 4.39 Å². The maximum absolute atomic E-state index is 13.4. The summed E-state index contributed by atoms with van der Waals surface area (Å²) in [4.78, 5) is 2.16. The molecule has 0 aromatic heterocycles. The molecule has 0 amide bonds. The van der Waals surface area contributed by atoms with Crippen LogP contribution >= 0.6 is 15.9 Å². The van der Waals surface area contributed by atoms with Gasteiger partial charge in [0.25, 0.3) is 0 Å². The first-order valence-electron chi connectivity index (χ1n) is 6.05. The van der Waals surface area contributed by atoms with E-state index in [1.54, 1.807) is 13.2 Å². The van der Waals surface area contributed by atoms with Gasteiger partial charge in [-0.2, -0.15) is 0 Å². The lowest BCUT2D eigenvalue weighted by Crippen LogP contribution is -2.44. The van der Waals surface area contributed by atoms with Crippen LogP contribution in [0.4, 0.5) is 15.8 Å². The monoisotopic (exact) mass is 316 g/mol. The fourth-order valence-electron chi connectivity index (χ4n) is 2.39. The van der Waals surface area contributed by atoms with E-state index < -0.39 is 0 Å². The molecule has 1 aromatic rings. The molecule has 2 atom stereocenters. The number of ether oxygens (including phenoxy) is 1. The molecule has 2 unspecified atom stereocenters. The summed E-state index contributed by atoms with van der Waals surface area (Å²) in [6, 6.07) is 3.10. The Kier molecular flexibility index (Phi) is 4.12. The molecule has 100 valence electrons. The van der Waals surface area contributed by atoms with Gasteiger partial charge in [0.15, 0.2) is 0 Å². The first kappa shape index (κ1) is 13.6. The van der Waals surface area contributed by atoms with Gasteiger partial charge in [-0.25, -0.2) is 4.39 Å². The van der Waals surface area contributed by atoms with Crippen molar-refractivity contribution in [3.8, 4) is 0 Å². The Morgan fingerprint density at radius 3 is 2.89 bits per heavy atom. The van der Waals surface area contributed by atoms with Crippen molar-refractivity contribution in [3.63, 3.8) is 0 Å². The smallest absolute Gasteiger partial charge is 0.139 e. The van der Waals surface area contributed by atoms with Gasteiger partial charge in [0.2, 0.25) is 0 Å². The van der Waals surface area contributed by atoms with Crippen molar-refractivity contribution in [2.45, 2.75) is 19.4 Å². The Morgan fingerprint density at radius 1 is 1.50 bits per heavy atom. The Morgan fingerprint density at radius 2 is 2.22 bits per heavy atom. The molecule has 0 bridgehead atoms. The van der Waals surface area contributed by atoms with Crippen LogP contribution in [0.15, 0.2) is 16.6 Å². The summed E-state index contributed by atoms with van der Waals surface area (Å²) in [6.07, 6.45) is 1.24. The lowest BCUT2D eigenvalue weighted by Gasteiger charge is -2.38. The molecule has 3 nitrogen and oxygen atoms in total. The zero-order chi connectivity index (χ0) is 13.3. The Bertz CT molecular complexity index is 441. The number of nitrogens with zero attached hydrogens (tertiary/aromatic N) is 1. The molecule has 2 rings (SSSR count). The molecule has 1 aliphatic rings. The van der Waals surface area contributed by atoms with Crippen molar-refractivity contribution in [2.24, 2.45) is 5.92 Å². The van der Waals surface area contributed by atoms with Gasteiger partial charge in [-0.3, -0.25) is 0 Å². The summed E-state index contributed by atoms with van der Waals surface area (Å²) < 4.78 is 19.3. The van der Waals surface area contributed by atoms with Crippen molar-refractivity contribution in [3.05, 3.63) is 22.4 Å². The molecule has 1 aliphatic heterocycles. The van der Waals surface area contributed by atoms with Gasteiger partial charge in [-0.05, 0) is 34.3 Å². The van der Waals surface area contributed by atoms with Crippen LogP contribution in [0.25, 0.3) is 0 Å². The van der Waals surface area contributed by atoms with E-state index in [0.29, 0.717) is 16.1 Å². The highest BCUT2D eigenvalue weighted by molar-refractivity contribution is 9.10. The van der Waals surface area contributed by atoms with Gasteiger partial charge in [0.1, 0.15) is 5.82 Å². The van der Waals surface area contributed by atoms with Crippen LogP contribution in [0, 0.1) is 11.7 Å². The SMILES string of the molecule is COC1CN(c2cc(Br)c(F)cc2N)CCC1C. The molecule has 1 aromatic carbocycles. The van der Waals surface area contributed by atoms with Gasteiger partial charge in [0.05, 0.1) is 22.0 Å². The molecule has 0 aliphatic carbocycles. The molecule has 0 spiro atoms. The number of hydrogen-bond acceptors (Lipinski definition) is 3. The number of nitrogen functional groups attached to an aromatic ring is 1. The molecule has 1 fully saturated rings. The average molecular weight is 317 g/mol. The third-order valence-corrected chi connectivity index (χ3v) is 4.21. The fraction of sp³-hybridized carbons (Fsp3) is 0.538. The maximum Gasteiger partial charge on any atom is 0.139 e. The van der Waals surface area contributed by atoms with Crippen molar-refractivity contribution in [1.82, 2.24) is 0 Å². The highest BCUT2D eigenvalue weighted by Gasteiger charge is 2.27. The number of anilines is 2. The number of benzene rings is 1. The Labute approximate surface area is 115 Å². The van der Waals surface area contributed by atoms with Crippen molar-refractivity contribution in [2.75, 3.05) is 30.8 Å². The number of methoxy groups -OCH3 is 1. The number of hydrogen-bond donors (Lipinski definition) is 1. The fourth-order valence-corrected chi connectivity index (χ4v) is 2.72. The molecule has 5 heteroatoms. The second kappa shape index (κ2) is 5.45. The van der Waals surface area contributed by atoms with E-state index in [1.165, 1.54) is 6.07 Å². The van der Waals surface area contributed by atoms with E-state index in [1.807, 2.05) is 0 Å². The molecule has 0 radical (unpaired) electrons. The largest absolute Gasteiger partial charge is 0.397 e. The summed E-state index contributed by atoms with van der Waals surface area (Å²) in [5, 5.41) is 0. The van der Waals surface area contributed by atoms with Gasteiger partial charge in [0, 0.05) is 26.3 Å². The summed E-state index contributed by atoms with van der Waals surface area (Å²) in [6.45, 7) is 3.90. The minimum Gasteiger partial charge on any atom is -0.397 e. The summed E-state index contributed by atoms with van der Waals surface area (Å²) >= 11 is 3.20. The summed E-state index contributed by atoms with van der Waals surface area (Å²) in [5.74, 6) is 0.210. The molecule has 1 saturated heterocycles. The van der Waals surface area contributed by atoms with E-state index in [2.05, 4.69) is 27.8 Å². The van der Waals surface area contributed by atoms with Crippen LogP contribution in [-0.4, -0.2) is 26.3 Å². The number of piperidine rings is 1. The molecule has 2 N–H and O–H groups in total. The highest BCUT2D eigenvalue weighted by atomic mass is 79.9. The van der Waals surface area contributed by atoms with Gasteiger partial charge in [-0.15, -0.1) is 0 Å². The lowest BCUT2D eigenvalue weighted by molar-refractivity contribution is 0.0499. The Hall–Kier alpha value is -0.810. The van der Waals surface area contributed by atoms with Crippen molar-refractivity contribution in [1.29, 1.82) is 0 Å². The molecule has 18 heavy (non-hydrogen) atoms. The number of rotatable bonds is 2. The third-order valence-electron chi connectivity index (χ3n) is 3.60. The van der Waals surface area contributed by atoms with Crippen LogP contribution in [-0.2, 0) is 4.74 Å². The Balaban J connectivity index is 2.24. The van der Waals surface area contributed by atoms with E-state index in [4.69, 9.17) is 10.5 Å². The quantitative estimate of drug-likeness (QED) is 0.852. The second-order valence-electron chi connectivity index (χ2n) is 4.81. The number of nitrogens with two attached hydrogens (primary N) is 1. The van der Waals surface area contributed by atoms with Crippen LogP contribution in [0.2, 0.25) is 0 Å². The topological polar surface area (TPSA) is 38.5 Å². The number of halogens is 2. The average Bonchev–Trinajstić information content (AvgIpc) is 2.35. The van der Waals surface area contributed by atoms with E-state index >= 15 is 0 Å². The molecular formula is C13H18BrFN2O. The van der Waals surface area contributed by atoms with Crippen LogP contribution in [0.3, 0.4) is 0 Å². The summed E-state index contributed by atoms with van der Waals surface area (Å²) in [7, 11) is 1.73. The van der Waals surface area contributed by atoms with Crippen LogP contribution < -0.4 is 10.6 Å². The lowest BCUT2D eigenvalue weighted by atomic mass is 9.95. The highest BCUT2D eigenvalue weighted by Crippen LogP contribution is 2.32. The molecule has 0 saturated carbocycles. The van der Waals surface area contributed by atoms with E-state index in [0.717, 1.165) is 25.2 Å².